The molecule has 1 N–H and O–H groups in total. The number of aromatic nitrogens is 4. The lowest BCUT2D eigenvalue weighted by molar-refractivity contribution is 0.180. The van der Waals surface area contributed by atoms with Gasteiger partial charge in [0.15, 0.2) is 5.82 Å². The van der Waals surface area contributed by atoms with Gasteiger partial charge in [-0.15, -0.1) is 5.10 Å². The Morgan fingerprint density at radius 2 is 2.12 bits per heavy atom. The van der Waals surface area contributed by atoms with Gasteiger partial charge in [0.25, 0.3) is 0 Å². The Kier molecular flexibility index (Phi) is 3.99. The highest BCUT2D eigenvalue weighted by Crippen LogP contribution is 2.37. The number of fused-ring (bicyclic) bond motifs is 1. The summed E-state index contributed by atoms with van der Waals surface area (Å²) in [7, 11) is -3.28. The fourth-order valence-corrected chi connectivity index (χ4v) is 4.07. The summed E-state index contributed by atoms with van der Waals surface area (Å²) >= 11 is 0. The van der Waals surface area contributed by atoms with Crippen LogP contribution in [0.15, 0.2) is 18.2 Å². The van der Waals surface area contributed by atoms with Gasteiger partial charge in [0.2, 0.25) is 10.0 Å². The van der Waals surface area contributed by atoms with E-state index in [1.807, 2.05) is 16.8 Å². The van der Waals surface area contributed by atoms with Crippen molar-refractivity contribution in [2.45, 2.75) is 44.8 Å². The summed E-state index contributed by atoms with van der Waals surface area (Å²) in [4.78, 5) is 2.34. The Morgan fingerprint density at radius 1 is 1.32 bits per heavy atom. The molecule has 2 aliphatic rings. The number of sulfonamides is 1. The maximum absolute atomic E-state index is 11.6. The average Bonchev–Trinajstić information content (AvgIpc) is 3.29. The Labute approximate surface area is 147 Å². The van der Waals surface area contributed by atoms with E-state index >= 15 is 0 Å². The van der Waals surface area contributed by atoms with Crippen LogP contribution in [0.3, 0.4) is 0 Å². The van der Waals surface area contributed by atoms with E-state index in [9.17, 15) is 8.42 Å². The molecule has 0 unspecified atom stereocenters. The second-order valence-electron chi connectivity index (χ2n) is 6.93. The number of rotatable bonds is 5. The highest BCUT2D eigenvalue weighted by atomic mass is 32.2. The lowest BCUT2D eigenvalue weighted by Crippen LogP contribution is -2.34. The lowest BCUT2D eigenvalue weighted by atomic mass is 9.97. The molecule has 0 bridgehead atoms. The van der Waals surface area contributed by atoms with Crippen molar-refractivity contribution in [3.8, 4) is 0 Å². The van der Waals surface area contributed by atoms with Crippen molar-refractivity contribution in [3.05, 3.63) is 35.2 Å². The largest absolute Gasteiger partial charge is 0.289 e. The number of hydrogen-bond acceptors (Lipinski definition) is 6. The molecular weight excluding hydrogens is 340 g/mol. The van der Waals surface area contributed by atoms with Crippen LogP contribution in [0.1, 0.15) is 48.8 Å². The molecule has 1 aromatic carbocycles. The first-order valence-electron chi connectivity index (χ1n) is 8.53. The molecule has 1 saturated carbocycles. The molecule has 1 fully saturated rings. The molecule has 2 aromatic rings. The number of nitrogens with one attached hydrogen (secondary N) is 1. The number of nitrogens with zero attached hydrogens (tertiary/aromatic N) is 5. The van der Waals surface area contributed by atoms with Gasteiger partial charge < -0.3 is 0 Å². The van der Waals surface area contributed by atoms with Crippen LogP contribution < -0.4 is 4.72 Å². The molecule has 9 heteroatoms. The first-order valence-corrected chi connectivity index (χ1v) is 10.4. The fourth-order valence-electron chi connectivity index (χ4n) is 3.48. The SMILES string of the molecule is C[C@@H](c1nnnn1C1CC1)N1CCc2c(cccc2NS(C)(=O)=O)C1. The van der Waals surface area contributed by atoms with Gasteiger partial charge in [-0.3, -0.25) is 9.62 Å². The van der Waals surface area contributed by atoms with E-state index in [0.29, 0.717) is 11.7 Å². The number of benzene rings is 1. The minimum atomic E-state index is -3.28. The topological polar surface area (TPSA) is 93.0 Å². The van der Waals surface area contributed by atoms with E-state index in [1.54, 1.807) is 0 Å². The first-order chi connectivity index (χ1) is 11.9. The van der Waals surface area contributed by atoms with E-state index in [-0.39, 0.29) is 6.04 Å². The van der Waals surface area contributed by atoms with Gasteiger partial charge >= 0.3 is 0 Å². The molecule has 1 aliphatic heterocycles. The van der Waals surface area contributed by atoms with Crippen LogP contribution in [0.25, 0.3) is 0 Å². The smallest absolute Gasteiger partial charge is 0.229 e. The third kappa shape index (κ3) is 3.38. The van der Waals surface area contributed by atoms with Crippen molar-refractivity contribution in [1.29, 1.82) is 0 Å². The van der Waals surface area contributed by atoms with Crippen LogP contribution >= 0.6 is 0 Å². The molecular formula is C16H22N6O2S. The summed E-state index contributed by atoms with van der Waals surface area (Å²) < 4.78 is 27.7. The highest BCUT2D eigenvalue weighted by Gasteiger charge is 2.32. The van der Waals surface area contributed by atoms with E-state index in [0.717, 1.165) is 49.3 Å². The normalized spacial score (nSPS) is 19.4. The van der Waals surface area contributed by atoms with Gasteiger partial charge in [-0.25, -0.2) is 13.1 Å². The van der Waals surface area contributed by atoms with Gasteiger partial charge in [-0.1, -0.05) is 12.1 Å². The summed E-state index contributed by atoms with van der Waals surface area (Å²) in [6.07, 6.45) is 4.27. The molecule has 2 heterocycles. The fraction of sp³-hybridized carbons (Fsp3) is 0.562. The van der Waals surface area contributed by atoms with Crippen LogP contribution in [0, 0.1) is 0 Å². The van der Waals surface area contributed by atoms with E-state index in [4.69, 9.17) is 0 Å². The van der Waals surface area contributed by atoms with Crippen molar-refractivity contribution in [3.63, 3.8) is 0 Å². The van der Waals surface area contributed by atoms with Crippen molar-refractivity contribution >= 4 is 15.7 Å². The van der Waals surface area contributed by atoms with E-state index in [1.165, 1.54) is 6.26 Å². The number of anilines is 1. The maximum Gasteiger partial charge on any atom is 0.229 e. The molecule has 134 valence electrons. The van der Waals surface area contributed by atoms with Crippen LogP contribution in [0.2, 0.25) is 0 Å². The summed E-state index contributed by atoms with van der Waals surface area (Å²) in [5.74, 6) is 0.913. The molecule has 0 radical (unpaired) electrons. The second-order valence-corrected chi connectivity index (χ2v) is 8.68. The van der Waals surface area contributed by atoms with Crippen molar-refractivity contribution in [1.82, 2.24) is 25.1 Å². The minimum absolute atomic E-state index is 0.121. The van der Waals surface area contributed by atoms with Crippen molar-refractivity contribution in [2.24, 2.45) is 0 Å². The highest BCUT2D eigenvalue weighted by molar-refractivity contribution is 7.92. The number of tetrazole rings is 1. The van der Waals surface area contributed by atoms with E-state index in [2.05, 4.69) is 38.1 Å². The Morgan fingerprint density at radius 3 is 2.84 bits per heavy atom. The second kappa shape index (κ2) is 6.06. The molecule has 1 aliphatic carbocycles. The van der Waals surface area contributed by atoms with Crippen LogP contribution in [-0.4, -0.2) is 46.3 Å². The van der Waals surface area contributed by atoms with Crippen LogP contribution in [0.5, 0.6) is 0 Å². The quantitative estimate of drug-likeness (QED) is 0.866. The molecule has 0 amide bonds. The molecule has 4 rings (SSSR count). The Balaban J connectivity index is 1.57. The molecule has 0 spiro atoms. The summed E-state index contributed by atoms with van der Waals surface area (Å²) in [5, 5.41) is 12.2. The zero-order valence-electron chi connectivity index (χ0n) is 14.4. The van der Waals surface area contributed by atoms with E-state index < -0.39 is 10.0 Å². The molecule has 8 nitrogen and oxygen atoms in total. The zero-order chi connectivity index (χ0) is 17.6. The Bertz CT molecular complexity index is 890. The summed E-state index contributed by atoms with van der Waals surface area (Å²) in [6, 6.07) is 6.36. The standard InChI is InChI=1S/C16H22N6O2S/c1-11(16-17-19-20-22(16)13-6-7-13)21-9-8-14-12(10-21)4-3-5-15(14)18-25(2,23)24/h3-5,11,13,18H,6-10H2,1-2H3/t11-/m0/s1. The first kappa shape index (κ1) is 16.5. The third-order valence-corrected chi connectivity index (χ3v) is 5.51. The van der Waals surface area contributed by atoms with Gasteiger partial charge in [-0.2, -0.15) is 0 Å². The van der Waals surface area contributed by atoms with Crippen molar-refractivity contribution in [2.75, 3.05) is 17.5 Å². The lowest BCUT2D eigenvalue weighted by Gasteiger charge is -2.33. The maximum atomic E-state index is 11.6. The summed E-state index contributed by atoms with van der Waals surface area (Å²) in [5.41, 5.74) is 2.92. The molecule has 25 heavy (non-hydrogen) atoms. The van der Waals surface area contributed by atoms with Gasteiger partial charge in [0.1, 0.15) is 0 Å². The monoisotopic (exact) mass is 362 g/mol. The Hall–Kier alpha value is -2.00. The average molecular weight is 362 g/mol. The predicted molar refractivity (Wildman–Crippen MR) is 93.5 cm³/mol. The minimum Gasteiger partial charge on any atom is -0.289 e. The van der Waals surface area contributed by atoms with Crippen LogP contribution in [-0.2, 0) is 23.0 Å². The van der Waals surface area contributed by atoms with Crippen LogP contribution in [0.4, 0.5) is 5.69 Å². The van der Waals surface area contributed by atoms with Gasteiger partial charge in [-0.05, 0) is 53.8 Å². The molecule has 1 atom stereocenters. The molecule has 1 aromatic heterocycles. The summed E-state index contributed by atoms with van der Waals surface area (Å²) in [6.45, 7) is 3.73. The molecule has 0 saturated heterocycles. The van der Waals surface area contributed by atoms with Gasteiger partial charge in [0, 0.05) is 13.1 Å². The van der Waals surface area contributed by atoms with Gasteiger partial charge in [0.05, 0.1) is 24.0 Å². The number of hydrogen-bond donors (Lipinski definition) is 1. The predicted octanol–water partition coefficient (Wildman–Crippen LogP) is 1.50. The van der Waals surface area contributed by atoms with Crippen molar-refractivity contribution < 1.29 is 8.42 Å². The zero-order valence-corrected chi connectivity index (χ0v) is 15.2. The third-order valence-electron chi connectivity index (χ3n) is 4.92.